The van der Waals surface area contributed by atoms with Crippen molar-refractivity contribution >= 4 is 24.0 Å². The van der Waals surface area contributed by atoms with Gasteiger partial charge in [0.15, 0.2) is 12.2 Å². The van der Waals surface area contributed by atoms with E-state index in [0.717, 1.165) is 12.8 Å². The topological polar surface area (TPSA) is 78.9 Å². The van der Waals surface area contributed by atoms with Crippen LogP contribution in [0.25, 0.3) is 6.08 Å². The Bertz CT molecular complexity index is 1750. The average molecular weight is 610 g/mol. The number of carbonyl (C=O) groups is 3. The number of rotatable bonds is 12. The minimum absolute atomic E-state index is 0.358. The van der Waals surface area contributed by atoms with Crippen LogP contribution in [0, 0.1) is 6.07 Å². The number of hydrogen-bond donors (Lipinski definition) is 0. The van der Waals surface area contributed by atoms with Crippen LogP contribution < -0.4 is 4.74 Å². The monoisotopic (exact) mass is 609 g/mol. The molecule has 5 aromatic carbocycles. The second-order valence-corrected chi connectivity index (χ2v) is 10.5. The third kappa shape index (κ3) is 8.67. The van der Waals surface area contributed by atoms with Gasteiger partial charge >= 0.3 is 17.9 Å². The van der Waals surface area contributed by atoms with E-state index in [9.17, 15) is 14.4 Å². The Morgan fingerprint density at radius 3 is 1.80 bits per heavy atom. The van der Waals surface area contributed by atoms with Gasteiger partial charge in [0.1, 0.15) is 5.75 Å². The number of esters is 3. The Labute approximate surface area is 268 Å². The molecule has 0 bridgehead atoms. The highest BCUT2D eigenvalue weighted by molar-refractivity contribution is 5.91. The lowest BCUT2D eigenvalue weighted by atomic mass is 9.97. The molecule has 5 rings (SSSR count). The Morgan fingerprint density at radius 1 is 0.652 bits per heavy atom. The summed E-state index contributed by atoms with van der Waals surface area (Å²) in [5, 5.41) is 0. The molecule has 0 saturated heterocycles. The first-order valence-electron chi connectivity index (χ1n) is 15.1. The normalized spacial score (nSPS) is 12.2. The second-order valence-electron chi connectivity index (χ2n) is 10.5. The molecule has 0 aliphatic rings. The predicted octanol–water partition coefficient (Wildman–Crippen LogP) is 8.55. The lowest BCUT2D eigenvalue weighted by Crippen LogP contribution is -2.23. The zero-order valence-electron chi connectivity index (χ0n) is 25.4. The Kier molecular flexibility index (Phi) is 10.9. The third-order valence-corrected chi connectivity index (χ3v) is 7.19. The molecule has 6 heteroatoms. The molecule has 0 aromatic heterocycles. The summed E-state index contributed by atoms with van der Waals surface area (Å²) in [6.07, 6.45) is 3.05. The van der Waals surface area contributed by atoms with Crippen molar-refractivity contribution in [3.05, 3.63) is 179 Å². The maximum absolute atomic E-state index is 13.2. The van der Waals surface area contributed by atoms with E-state index in [1.807, 2.05) is 72.8 Å². The lowest BCUT2D eigenvalue weighted by Gasteiger charge is -2.27. The lowest BCUT2D eigenvalue weighted by molar-refractivity contribution is -0.150. The van der Waals surface area contributed by atoms with Crippen molar-refractivity contribution in [1.29, 1.82) is 0 Å². The predicted molar refractivity (Wildman–Crippen MR) is 176 cm³/mol. The van der Waals surface area contributed by atoms with Gasteiger partial charge in [-0.2, -0.15) is 0 Å². The van der Waals surface area contributed by atoms with Gasteiger partial charge in [-0.15, -0.1) is 0 Å². The highest BCUT2D eigenvalue weighted by atomic mass is 16.6. The molecule has 1 radical (unpaired) electrons. The summed E-state index contributed by atoms with van der Waals surface area (Å²) in [6.45, 7) is 2.11. The summed E-state index contributed by atoms with van der Waals surface area (Å²) >= 11 is 0. The van der Waals surface area contributed by atoms with Crippen LogP contribution >= 0.6 is 0 Å². The molecule has 0 fully saturated rings. The van der Waals surface area contributed by atoms with Crippen molar-refractivity contribution in [3.8, 4) is 5.75 Å². The Morgan fingerprint density at radius 2 is 1.22 bits per heavy atom. The standard InChI is InChI=1S/C40H33O6/c1-2-12-29-19-24-34(25-20-29)39(42)44-35-26-21-30(22-27-35)23-28-36(41)45-37(31-13-6-3-7-14-31)38(32-15-8-4-9-16-32)46-40(43)33-17-10-5-11-18-33/h3-4,6-11,13-28,37-38H,2,12H2,1H3/b28-23+. The summed E-state index contributed by atoms with van der Waals surface area (Å²) in [4.78, 5) is 38.9. The van der Waals surface area contributed by atoms with Crippen LogP contribution in [0.15, 0.2) is 140 Å². The third-order valence-electron chi connectivity index (χ3n) is 7.19. The fourth-order valence-electron chi connectivity index (χ4n) is 4.84. The smallest absolute Gasteiger partial charge is 0.343 e. The molecule has 0 amide bonds. The maximum Gasteiger partial charge on any atom is 0.343 e. The molecule has 2 unspecified atom stereocenters. The van der Waals surface area contributed by atoms with E-state index in [4.69, 9.17) is 14.2 Å². The second kappa shape index (κ2) is 15.8. The zero-order valence-corrected chi connectivity index (χ0v) is 25.4. The molecule has 2 atom stereocenters. The van der Waals surface area contributed by atoms with Crippen molar-refractivity contribution in [2.75, 3.05) is 0 Å². The number of ether oxygens (including phenoxy) is 3. The fourth-order valence-corrected chi connectivity index (χ4v) is 4.84. The highest BCUT2D eigenvalue weighted by Gasteiger charge is 2.32. The first-order valence-corrected chi connectivity index (χ1v) is 15.1. The minimum atomic E-state index is -0.933. The van der Waals surface area contributed by atoms with E-state index in [1.165, 1.54) is 11.6 Å². The molecule has 0 heterocycles. The first-order chi connectivity index (χ1) is 22.5. The molecule has 0 aliphatic carbocycles. The van der Waals surface area contributed by atoms with Gasteiger partial charge in [-0.05, 0) is 77.2 Å². The molecule has 5 aromatic rings. The fraction of sp³-hybridized carbons (Fsp3) is 0.125. The van der Waals surface area contributed by atoms with Crippen LogP contribution in [0.4, 0.5) is 0 Å². The van der Waals surface area contributed by atoms with Crippen LogP contribution in [0.2, 0.25) is 0 Å². The van der Waals surface area contributed by atoms with Crippen molar-refractivity contribution in [2.45, 2.75) is 32.0 Å². The molecule has 229 valence electrons. The molecule has 6 nitrogen and oxygen atoms in total. The minimum Gasteiger partial charge on any atom is -0.450 e. The van der Waals surface area contributed by atoms with Crippen molar-refractivity contribution in [3.63, 3.8) is 0 Å². The number of carbonyl (C=O) groups excluding carboxylic acids is 3. The summed E-state index contributed by atoms with van der Waals surface area (Å²) in [6, 6.07) is 41.9. The molecular formula is C40H33O6. The summed E-state index contributed by atoms with van der Waals surface area (Å²) in [5.74, 6) is -1.23. The number of benzene rings is 5. The molecule has 46 heavy (non-hydrogen) atoms. The van der Waals surface area contributed by atoms with Gasteiger partial charge in [-0.3, -0.25) is 0 Å². The average Bonchev–Trinajstić information content (AvgIpc) is 3.11. The van der Waals surface area contributed by atoms with Gasteiger partial charge in [0.05, 0.1) is 11.1 Å². The molecular weight excluding hydrogens is 576 g/mol. The Hall–Kier alpha value is -5.75. The molecule has 0 aliphatic heterocycles. The quantitative estimate of drug-likeness (QED) is 0.0801. The van der Waals surface area contributed by atoms with E-state index in [1.54, 1.807) is 66.7 Å². The van der Waals surface area contributed by atoms with Gasteiger partial charge in [-0.25, -0.2) is 14.4 Å². The van der Waals surface area contributed by atoms with Crippen LogP contribution in [0.3, 0.4) is 0 Å². The van der Waals surface area contributed by atoms with Gasteiger partial charge in [0, 0.05) is 6.08 Å². The largest absolute Gasteiger partial charge is 0.450 e. The van der Waals surface area contributed by atoms with Crippen molar-refractivity contribution < 1.29 is 28.6 Å². The number of hydrogen-bond acceptors (Lipinski definition) is 6. The van der Waals surface area contributed by atoms with E-state index in [0.29, 0.717) is 33.6 Å². The van der Waals surface area contributed by atoms with Crippen LogP contribution in [-0.4, -0.2) is 17.9 Å². The van der Waals surface area contributed by atoms with E-state index >= 15 is 0 Å². The highest BCUT2D eigenvalue weighted by Crippen LogP contribution is 2.36. The first kappa shape index (κ1) is 31.7. The van der Waals surface area contributed by atoms with Crippen molar-refractivity contribution in [1.82, 2.24) is 0 Å². The van der Waals surface area contributed by atoms with Crippen molar-refractivity contribution in [2.24, 2.45) is 0 Å². The van der Waals surface area contributed by atoms with Gasteiger partial charge < -0.3 is 14.2 Å². The summed E-state index contributed by atoms with van der Waals surface area (Å²) in [5.41, 5.74) is 4.04. The van der Waals surface area contributed by atoms with Gasteiger partial charge in [0.2, 0.25) is 0 Å². The Balaban J connectivity index is 1.30. The van der Waals surface area contributed by atoms with Crippen LogP contribution in [0.5, 0.6) is 5.75 Å². The van der Waals surface area contributed by atoms with Crippen LogP contribution in [0.1, 0.15) is 68.5 Å². The SMILES string of the molecule is CCCc1ccc(C(=O)Oc2ccc(/C=C/C(=O)OC(c3ccccc3)C(OC(=O)c3cc[c]cc3)c3ccccc3)cc2)cc1. The van der Waals surface area contributed by atoms with Gasteiger partial charge in [0.25, 0.3) is 0 Å². The molecule has 0 N–H and O–H groups in total. The van der Waals surface area contributed by atoms with Gasteiger partial charge in [-0.1, -0.05) is 110 Å². The molecule has 0 saturated carbocycles. The van der Waals surface area contributed by atoms with E-state index in [2.05, 4.69) is 13.0 Å². The zero-order chi connectivity index (χ0) is 32.1. The maximum atomic E-state index is 13.2. The summed E-state index contributed by atoms with van der Waals surface area (Å²) in [7, 11) is 0. The summed E-state index contributed by atoms with van der Waals surface area (Å²) < 4.78 is 17.5. The molecule has 0 spiro atoms. The van der Waals surface area contributed by atoms with E-state index in [-0.39, 0.29) is 0 Å². The number of aryl methyl sites for hydroxylation is 1. The van der Waals surface area contributed by atoms with E-state index < -0.39 is 30.1 Å². The van der Waals surface area contributed by atoms with Crippen LogP contribution in [-0.2, 0) is 20.7 Å².